The molecule has 3 heteroatoms. The average Bonchev–Trinajstić information content (AvgIpc) is 2.63. The Kier molecular flexibility index (Phi) is 16.7. The molecule has 0 aromatic rings. The predicted molar refractivity (Wildman–Crippen MR) is 66.9 cm³/mol. The molecule has 0 saturated carbocycles. The van der Waals surface area contributed by atoms with Crippen molar-refractivity contribution < 1.29 is 18.6 Å². The van der Waals surface area contributed by atoms with Crippen LogP contribution in [0.25, 0.3) is 0 Å². The molecule has 2 aliphatic rings. The molecule has 0 unspecified atom stereocenters. The van der Waals surface area contributed by atoms with Gasteiger partial charge in [0, 0.05) is 0 Å². The Labute approximate surface area is 117 Å². The molecule has 2 aliphatic carbocycles. The third-order valence-corrected chi connectivity index (χ3v) is 1.73. The van der Waals surface area contributed by atoms with Crippen LogP contribution < -0.4 is 0 Å². The van der Waals surface area contributed by atoms with E-state index in [2.05, 4.69) is 50.3 Å². The van der Waals surface area contributed by atoms with Gasteiger partial charge in [-0.25, -0.2) is 23.3 Å². The average molecular weight is 282 g/mol. The minimum absolute atomic E-state index is 0. The minimum atomic E-state index is 0. The van der Waals surface area contributed by atoms with Gasteiger partial charge in [-0.2, -0.15) is 12.2 Å². The zero-order valence-electron chi connectivity index (χ0n) is 8.99. The summed E-state index contributed by atoms with van der Waals surface area (Å²) in [4.78, 5) is 0. The summed E-state index contributed by atoms with van der Waals surface area (Å²) in [5.41, 5.74) is 2.55. The van der Waals surface area contributed by atoms with Crippen molar-refractivity contribution in [2.75, 3.05) is 0 Å². The van der Waals surface area contributed by atoms with Gasteiger partial charge in [-0.05, 0) is 0 Å². The van der Waals surface area contributed by atoms with Gasteiger partial charge in [0.25, 0.3) is 0 Å². The fraction of sp³-hybridized carbons (Fsp3) is 0.333. The molecule has 0 atom stereocenters. The van der Waals surface area contributed by atoms with E-state index in [4.69, 9.17) is 0 Å². The van der Waals surface area contributed by atoms with Gasteiger partial charge in [-0.1, -0.05) is 13.8 Å². The van der Waals surface area contributed by atoms with E-state index in [0.717, 1.165) is 12.8 Å². The van der Waals surface area contributed by atoms with E-state index in [1.54, 1.807) is 0 Å². The first-order valence-electron chi connectivity index (χ1n) is 4.27. The fourth-order valence-electron chi connectivity index (χ4n) is 1.03. The summed E-state index contributed by atoms with van der Waals surface area (Å²) >= 11 is 0. The van der Waals surface area contributed by atoms with Crippen molar-refractivity contribution in [2.45, 2.75) is 26.7 Å². The molecule has 0 aromatic heterocycles. The molecule has 15 heavy (non-hydrogen) atoms. The number of rotatable bonds is 0. The number of hydrogen-bond donors (Lipinski definition) is 0. The summed E-state index contributed by atoms with van der Waals surface area (Å²) in [6.07, 6.45) is 16.7. The Balaban J connectivity index is -0.000000160. The molecule has 0 heterocycles. The molecule has 0 fully saturated rings. The van der Waals surface area contributed by atoms with Crippen molar-refractivity contribution in [1.82, 2.24) is 0 Å². The maximum absolute atomic E-state index is 3.12. The molecule has 1 radical (unpaired) electrons. The van der Waals surface area contributed by atoms with Crippen LogP contribution in [0, 0.1) is 12.2 Å². The summed E-state index contributed by atoms with van der Waals surface area (Å²) in [6, 6.07) is 0. The van der Waals surface area contributed by atoms with E-state index in [1.807, 2.05) is 0 Å². The third kappa shape index (κ3) is 10.4. The summed E-state index contributed by atoms with van der Waals surface area (Å²) < 4.78 is 0. The van der Waals surface area contributed by atoms with Crippen LogP contribution in [0.15, 0.2) is 35.5 Å². The van der Waals surface area contributed by atoms with Crippen LogP contribution in [0.2, 0.25) is 0 Å². The van der Waals surface area contributed by atoms with Gasteiger partial charge in [0.05, 0.1) is 0 Å². The number of allylic oxidation sites excluding steroid dienone is 8. The first-order chi connectivity index (χ1) is 5.79. The van der Waals surface area contributed by atoms with Gasteiger partial charge < -0.3 is 0 Å². The SMILES string of the molecule is CC1=[C-]CC=C1.CC1=[C-]CC=C1.Cl.Cl.[V+2]. The Bertz CT molecular complexity index is 229. The van der Waals surface area contributed by atoms with Crippen LogP contribution in [0.5, 0.6) is 0 Å². The quantitative estimate of drug-likeness (QED) is 0.583. The predicted octanol–water partition coefficient (Wildman–Crippen LogP) is 4.23. The van der Waals surface area contributed by atoms with E-state index in [0.29, 0.717) is 0 Å². The van der Waals surface area contributed by atoms with Crippen LogP contribution >= 0.6 is 24.8 Å². The largest absolute Gasteiger partial charge is 2.00 e. The standard InChI is InChI=1S/2C6H7.2ClH.V/c2*1-6-4-2-3-5-6;;;/h2*2,4H,3H2,1H3;2*1H;/q2*-1;;;+2. The molecule has 0 nitrogen and oxygen atoms in total. The van der Waals surface area contributed by atoms with Gasteiger partial charge in [-0.3, -0.25) is 12.2 Å². The van der Waals surface area contributed by atoms with E-state index in [1.165, 1.54) is 11.1 Å². The van der Waals surface area contributed by atoms with E-state index in [-0.39, 0.29) is 43.4 Å². The van der Waals surface area contributed by atoms with Crippen molar-refractivity contribution in [3.05, 3.63) is 47.6 Å². The van der Waals surface area contributed by atoms with Crippen molar-refractivity contribution in [1.29, 1.82) is 0 Å². The minimum Gasteiger partial charge on any atom is -0.270 e. The van der Waals surface area contributed by atoms with Crippen LogP contribution in [-0.4, -0.2) is 0 Å². The van der Waals surface area contributed by atoms with Crippen molar-refractivity contribution >= 4 is 24.8 Å². The molecule has 0 bridgehead atoms. The Hall–Kier alpha value is 0.124. The Morgan fingerprint density at radius 2 is 1.20 bits per heavy atom. The van der Waals surface area contributed by atoms with Gasteiger partial charge >= 0.3 is 18.6 Å². The van der Waals surface area contributed by atoms with Crippen LogP contribution in [0.4, 0.5) is 0 Å². The second-order valence-electron chi connectivity index (χ2n) is 2.93. The molecule has 0 saturated heterocycles. The van der Waals surface area contributed by atoms with E-state index in [9.17, 15) is 0 Å². The number of halogens is 2. The monoisotopic (exact) mass is 281 g/mol. The molecule has 0 amide bonds. The second-order valence-corrected chi connectivity index (χ2v) is 2.93. The number of hydrogen-bond acceptors (Lipinski definition) is 0. The molecular formula is C12H16Cl2V. The van der Waals surface area contributed by atoms with Crippen LogP contribution in [-0.2, 0) is 18.6 Å². The van der Waals surface area contributed by atoms with Crippen LogP contribution in [0.1, 0.15) is 26.7 Å². The molecule has 83 valence electrons. The zero-order chi connectivity index (χ0) is 8.81. The molecule has 2 rings (SSSR count). The van der Waals surface area contributed by atoms with E-state index < -0.39 is 0 Å². The van der Waals surface area contributed by atoms with E-state index >= 15 is 0 Å². The van der Waals surface area contributed by atoms with Gasteiger partial charge in [0.1, 0.15) is 0 Å². The van der Waals surface area contributed by atoms with Gasteiger partial charge in [-0.15, -0.1) is 37.7 Å². The molecular weight excluding hydrogens is 266 g/mol. The molecule has 0 aliphatic heterocycles. The summed E-state index contributed by atoms with van der Waals surface area (Å²) in [6.45, 7) is 4.12. The zero-order valence-corrected chi connectivity index (χ0v) is 12.0. The van der Waals surface area contributed by atoms with Crippen molar-refractivity contribution in [3.63, 3.8) is 0 Å². The molecule has 0 N–H and O–H groups in total. The smallest absolute Gasteiger partial charge is 0.270 e. The normalized spacial score (nSPS) is 14.8. The van der Waals surface area contributed by atoms with Crippen molar-refractivity contribution in [3.8, 4) is 0 Å². The summed E-state index contributed by atoms with van der Waals surface area (Å²) in [5, 5.41) is 0. The second kappa shape index (κ2) is 12.2. The topological polar surface area (TPSA) is 0 Å². The van der Waals surface area contributed by atoms with Crippen molar-refractivity contribution in [2.24, 2.45) is 0 Å². The van der Waals surface area contributed by atoms with Gasteiger partial charge in [0.15, 0.2) is 0 Å². The fourth-order valence-corrected chi connectivity index (χ4v) is 1.03. The molecule has 0 spiro atoms. The maximum Gasteiger partial charge on any atom is 2.00 e. The summed E-state index contributed by atoms with van der Waals surface area (Å²) in [7, 11) is 0. The first-order valence-corrected chi connectivity index (χ1v) is 4.27. The van der Waals surface area contributed by atoms with Gasteiger partial charge in [0.2, 0.25) is 0 Å². The molecule has 0 aromatic carbocycles. The third-order valence-electron chi connectivity index (χ3n) is 1.73. The maximum atomic E-state index is 3.12. The summed E-state index contributed by atoms with van der Waals surface area (Å²) in [5.74, 6) is 0. The first kappa shape index (κ1) is 20.5. The Morgan fingerprint density at radius 1 is 0.867 bits per heavy atom. The Morgan fingerprint density at radius 3 is 1.27 bits per heavy atom. The van der Waals surface area contributed by atoms with Crippen LogP contribution in [0.3, 0.4) is 0 Å².